The molecule has 9 nitrogen and oxygen atoms in total. The standard InChI is InChI=1S/C26H23F2N7O2/c27-20-12-16(15-36)6-7-18(20)24-23(28)26(31-17-4-3-10-34(14-17)22(37)8-9-29)33-25(32-24)19-13-30-35-11-2-1-5-21(19)35/h1-2,5-7,11-13,17,36H,3-4,8,10,14-15H2,(H,31,32,33)/t17-/m1/s1. The highest BCUT2D eigenvalue weighted by Gasteiger charge is 2.27. The zero-order valence-corrected chi connectivity index (χ0v) is 19.7. The average molecular weight is 504 g/mol. The van der Waals surface area contributed by atoms with Gasteiger partial charge in [-0.05, 0) is 42.7 Å². The van der Waals surface area contributed by atoms with Crippen LogP contribution in [0.15, 0.2) is 48.8 Å². The van der Waals surface area contributed by atoms with Crippen molar-refractivity contribution >= 4 is 17.2 Å². The third-order valence-electron chi connectivity index (χ3n) is 6.34. The van der Waals surface area contributed by atoms with Crippen molar-refractivity contribution in [2.75, 3.05) is 18.4 Å². The largest absolute Gasteiger partial charge is 0.392 e. The number of aromatic nitrogens is 4. The minimum absolute atomic E-state index is 0.0765. The second kappa shape index (κ2) is 10.3. The van der Waals surface area contributed by atoms with Crippen molar-refractivity contribution in [3.05, 3.63) is 66.0 Å². The predicted octanol–water partition coefficient (Wildman–Crippen LogP) is 3.55. The van der Waals surface area contributed by atoms with E-state index < -0.39 is 11.6 Å². The third-order valence-corrected chi connectivity index (χ3v) is 6.34. The number of nitrogens with zero attached hydrogens (tertiary/aromatic N) is 6. The maximum Gasteiger partial charge on any atom is 0.236 e. The van der Waals surface area contributed by atoms with Crippen molar-refractivity contribution in [3.8, 4) is 28.7 Å². The van der Waals surface area contributed by atoms with Gasteiger partial charge in [0.05, 0.1) is 30.0 Å². The van der Waals surface area contributed by atoms with Gasteiger partial charge < -0.3 is 15.3 Å². The summed E-state index contributed by atoms with van der Waals surface area (Å²) in [4.78, 5) is 22.6. The van der Waals surface area contributed by atoms with Crippen LogP contribution in [0.3, 0.4) is 0 Å². The van der Waals surface area contributed by atoms with Crippen molar-refractivity contribution in [1.29, 1.82) is 5.26 Å². The van der Waals surface area contributed by atoms with Crippen molar-refractivity contribution in [3.63, 3.8) is 0 Å². The quantitative estimate of drug-likeness (QED) is 0.413. The van der Waals surface area contributed by atoms with Crippen LogP contribution in [-0.2, 0) is 11.4 Å². The van der Waals surface area contributed by atoms with Crippen LogP contribution < -0.4 is 5.32 Å². The minimum Gasteiger partial charge on any atom is -0.392 e. The molecule has 1 atom stereocenters. The molecule has 37 heavy (non-hydrogen) atoms. The highest BCUT2D eigenvalue weighted by atomic mass is 19.1. The smallest absolute Gasteiger partial charge is 0.236 e. The van der Waals surface area contributed by atoms with Gasteiger partial charge in [-0.15, -0.1) is 0 Å². The molecule has 3 aromatic heterocycles. The van der Waals surface area contributed by atoms with E-state index in [-0.39, 0.29) is 54.4 Å². The summed E-state index contributed by atoms with van der Waals surface area (Å²) in [6.07, 6.45) is 4.42. The Bertz CT molecular complexity index is 1510. The second-order valence-electron chi connectivity index (χ2n) is 8.78. The van der Waals surface area contributed by atoms with Crippen LogP contribution >= 0.6 is 0 Å². The molecule has 1 saturated heterocycles. The van der Waals surface area contributed by atoms with E-state index in [1.165, 1.54) is 12.1 Å². The first-order valence-corrected chi connectivity index (χ1v) is 11.8. The number of aliphatic hydroxyl groups is 1. The van der Waals surface area contributed by atoms with E-state index in [0.717, 1.165) is 6.07 Å². The number of amides is 1. The SMILES string of the molecule is N#CCC(=O)N1CCC[C@@H](Nc2nc(-c3cnn4ccccc34)nc(-c3ccc(CO)cc3F)c2F)C1. The fourth-order valence-electron chi connectivity index (χ4n) is 4.49. The number of rotatable bonds is 6. The van der Waals surface area contributed by atoms with Crippen LogP contribution in [0, 0.1) is 23.0 Å². The summed E-state index contributed by atoms with van der Waals surface area (Å²) < 4.78 is 32.5. The number of benzene rings is 1. The molecule has 11 heteroatoms. The molecule has 188 valence electrons. The first kappa shape index (κ1) is 24.3. The minimum atomic E-state index is -0.837. The lowest BCUT2D eigenvalue weighted by molar-refractivity contribution is -0.131. The number of carbonyl (C=O) groups is 1. The van der Waals surface area contributed by atoms with Crippen LogP contribution in [-0.4, -0.2) is 54.6 Å². The van der Waals surface area contributed by atoms with E-state index in [2.05, 4.69) is 20.4 Å². The molecule has 0 spiro atoms. The van der Waals surface area contributed by atoms with E-state index in [1.807, 2.05) is 24.3 Å². The number of nitriles is 1. The summed E-state index contributed by atoms with van der Waals surface area (Å²) in [6.45, 7) is 0.448. The van der Waals surface area contributed by atoms with Crippen LogP contribution in [0.2, 0.25) is 0 Å². The Hall–Kier alpha value is -4.43. The number of aliphatic hydroxyl groups excluding tert-OH is 1. The Kier molecular flexibility index (Phi) is 6.74. The highest BCUT2D eigenvalue weighted by molar-refractivity contribution is 5.79. The molecule has 1 aliphatic rings. The molecule has 2 N–H and O–H groups in total. The number of anilines is 1. The Morgan fingerprint density at radius 2 is 2.08 bits per heavy atom. The zero-order chi connectivity index (χ0) is 25.9. The van der Waals surface area contributed by atoms with Gasteiger partial charge in [-0.1, -0.05) is 12.1 Å². The maximum atomic E-state index is 15.8. The van der Waals surface area contributed by atoms with Gasteiger partial charge in [0.15, 0.2) is 17.5 Å². The van der Waals surface area contributed by atoms with E-state index in [1.54, 1.807) is 21.8 Å². The van der Waals surface area contributed by atoms with Gasteiger partial charge in [0.1, 0.15) is 17.9 Å². The number of hydrogen-bond acceptors (Lipinski definition) is 7. The lowest BCUT2D eigenvalue weighted by Gasteiger charge is -2.33. The number of likely N-dealkylation sites (tertiary alicyclic amines) is 1. The van der Waals surface area contributed by atoms with Gasteiger partial charge in [0, 0.05) is 30.9 Å². The first-order valence-electron chi connectivity index (χ1n) is 11.8. The predicted molar refractivity (Wildman–Crippen MR) is 131 cm³/mol. The number of carbonyl (C=O) groups excluding carboxylic acids is 1. The summed E-state index contributed by atoms with van der Waals surface area (Å²) in [6, 6.07) is 11.0. The van der Waals surface area contributed by atoms with Crippen LogP contribution in [0.1, 0.15) is 24.8 Å². The Balaban J connectivity index is 1.58. The average Bonchev–Trinajstić information content (AvgIpc) is 3.34. The summed E-state index contributed by atoms with van der Waals surface area (Å²) in [5.41, 5.74) is 1.26. The van der Waals surface area contributed by atoms with Crippen molar-refractivity contribution in [2.45, 2.75) is 31.9 Å². The third kappa shape index (κ3) is 4.83. The second-order valence-corrected chi connectivity index (χ2v) is 8.78. The van der Waals surface area contributed by atoms with Gasteiger partial charge in [-0.3, -0.25) is 4.79 Å². The summed E-state index contributed by atoms with van der Waals surface area (Å²) >= 11 is 0. The van der Waals surface area contributed by atoms with Crippen molar-refractivity contribution in [2.24, 2.45) is 0 Å². The molecule has 1 aromatic carbocycles. The number of pyridine rings is 1. The number of hydrogen-bond donors (Lipinski definition) is 2. The molecule has 0 unspecified atom stereocenters. The number of halogens is 2. The Labute approximate surface area is 211 Å². The van der Waals surface area contributed by atoms with E-state index in [0.29, 0.717) is 36.0 Å². The van der Waals surface area contributed by atoms with E-state index >= 15 is 4.39 Å². The lowest BCUT2D eigenvalue weighted by atomic mass is 10.0. The van der Waals surface area contributed by atoms with Gasteiger partial charge >= 0.3 is 0 Å². The van der Waals surface area contributed by atoms with Gasteiger partial charge in [0.2, 0.25) is 5.91 Å². The van der Waals surface area contributed by atoms with Gasteiger partial charge in [0.25, 0.3) is 0 Å². The number of nitrogens with one attached hydrogen (secondary N) is 1. The molecule has 1 fully saturated rings. The number of fused-ring (bicyclic) bond motifs is 1. The van der Waals surface area contributed by atoms with Crippen molar-refractivity contribution < 1.29 is 18.7 Å². The first-order chi connectivity index (χ1) is 18.0. The van der Waals surface area contributed by atoms with Crippen LogP contribution in [0.4, 0.5) is 14.6 Å². The fraction of sp³-hybridized carbons (Fsp3) is 0.269. The normalized spacial score (nSPS) is 15.5. The molecular formula is C26H23F2N7O2. The van der Waals surface area contributed by atoms with Gasteiger partial charge in [-0.2, -0.15) is 10.4 Å². The monoisotopic (exact) mass is 503 g/mol. The molecule has 0 bridgehead atoms. The molecule has 4 aromatic rings. The molecular weight excluding hydrogens is 480 g/mol. The fourth-order valence-corrected chi connectivity index (χ4v) is 4.49. The summed E-state index contributed by atoms with van der Waals surface area (Å²) in [5, 5.41) is 25.6. The maximum absolute atomic E-state index is 15.8. The highest BCUT2D eigenvalue weighted by Crippen LogP contribution is 2.32. The zero-order valence-electron chi connectivity index (χ0n) is 19.7. The van der Waals surface area contributed by atoms with Crippen LogP contribution in [0.5, 0.6) is 0 Å². The molecule has 0 saturated carbocycles. The topological polar surface area (TPSA) is 119 Å². The van der Waals surface area contributed by atoms with Crippen LogP contribution in [0.25, 0.3) is 28.2 Å². The molecule has 0 aliphatic carbocycles. The molecule has 5 rings (SSSR count). The molecule has 0 radical (unpaired) electrons. The molecule has 4 heterocycles. The van der Waals surface area contributed by atoms with E-state index in [4.69, 9.17) is 5.26 Å². The molecule has 1 aliphatic heterocycles. The van der Waals surface area contributed by atoms with Crippen molar-refractivity contribution in [1.82, 2.24) is 24.5 Å². The summed E-state index contributed by atoms with van der Waals surface area (Å²) in [5.74, 6) is -1.82. The Morgan fingerprint density at radius 3 is 2.86 bits per heavy atom. The number of piperidine rings is 1. The molecule has 1 amide bonds. The Morgan fingerprint density at radius 1 is 1.22 bits per heavy atom. The van der Waals surface area contributed by atoms with E-state index in [9.17, 15) is 14.3 Å². The van der Waals surface area contributed by atoms with Gasteiger partial charge in [-0.25, -0.2) is 23.3 Å². The summed E-state index contributed by atoms with van der Waals surface area (Å²) in [7, 11) is 0. The lowest BCUT2D eigenvalue weighted by Crippen LogP contribution is -2.45.